The molecule has 1 aromatic heterocycles. The van der Waals surface area contributed by atoms with Gasteiger partial charge in [0.25, 0.3) is 0 Å². The minimum atomic E-state index is 0.0374. The van der Waals surface area contributed by atoms with Crippen molar-refractivity contribution >= 4 is 29.1 Å². The summed E-state index contributed by atoms with van der Waals surface area (Å²) in [5, 5.41) is 1.51. The van der Waals surface area contributed by atoms with Crippen LogP contribution in [-0.2, 0) is 0 Å². The Hall–Kier alpha value is -1.39. The SMILES string of the molecule is CC(C)Oc1nc(Sc2ccccc2Cl)ccc1N. The van der Waals surface area contributed by atoms with Crippen LogP contribution in [0.2, 0.25) is 5.02 Å². The van der Waals surface area contributed by atoms with Crippen LogP contribution in [-0.4, -0.2) is 11.1 Å². The summed E-state index contributed by atoms with van der Waals surface area (Å²) in [7, 11) is 0. The molecule has 0 saturated carbocycles. The van der Waals surface area contributed by atoms with E-state index in [1.54, 1.807) is 6.07 Å². The standard InChI is InChI=1S/C14H15ClN2OS/c1-9(2)18-14-11(16)7-8-13(17-14)19-12-6-4-3-5-10(12)15/h3-9H,16H2,1-2H3. The fourth-order valence-electron chi connectivity index (χ4n) is 1.45. The van der Waals surface area contributed by atoms with Gasteiger partial charge in [-0.3, -0.25) is 0 Å². The van der Waals surface area contributed by atoms with E-state index in [0.29, 0.717) is 16.6 Å². The average molecular weight is 295 g/mol. The van der Waals surface area contributed by atoms with Gasteiger partial charge in [-0.1, -0.05) is 35.5 Å². The fraction of sp³-hybridized carbons (Fsp3) is 0.214. The van der Waals surface area contributed by atoms with E-state index in [1.165, 1.54) is 11.8 Å². The molecule has 5 heteroatoms. The summed E-state index contributed by atoms with van der Waals surface area (Å²) in [5.74, 6) is 0.465. The molecule has 1 aromatic carbocycles. The van der Waals surface area contributed by atoms with Gasteiger partial charge in [0.2, 0.25) is 5.88 Å². The molecule has 0 atom stereocenters. The molecule has 0 bridgehead atoms. The van der Waals surface area contributed by atoms with Gasteiger partial charge >= 0.3 is 0 Å². The van der Waals surface area contributed by atoms with Gasteiger partial charge < -0.3 is 10.5 Å². The van der Waals surface area contributed by atoms with Gasteiger partial charge in [-0.05, 0) is 38.1 Å². The number of hydrogen-bond donors (Lipinski definition) is 1. The van der Waals surface area contributed by atoms with E-state index in [0.717, 1.165) is 9.92 Å². The molecule has 0 saturated heterocycles. The third-order valence-corrected chi connectivity index (χ3v) is 3.72. The lowest BCUT2D eigenvalue weighted by Gasteiger charge is -2.12. The van der Waals surface area contributed by atoms with Crippen molar-refractivity contribution in [3.8, 4) is 5.88 Å². The predicted molar refractivity (Wildman–Crippen MR) is 80.0 cm³/mol. The highest BCUT2D eigenvalue weighted by Crippen LogP contribution is 2.34. The van der Waals surface area contributed by atoms with Crippen LogP contribution in [0.4, 0.5) is 5.69 Å². The van der Waals surface area contributed by atoms with E-state index in [-0.39, 0.29) is 6.10 Å². The Morgan fingerprint density at radius 3 is 2.63 bits per heavy atom. The number of nitrogen functional groups attached to an aromatic ring is 1. The smallest absolute Gasteiger partial charge is 0.238 e. The minimum absolute atomic E-state index is 0.0374. The van der Waals surface area contributed by atoms with Crippen LogP contribution in [0.1, 0.15) is 13.8 Å². The number of pyridine rings is 1. The van der Waals surface area contributed by atoms with Gasteiger partial charge in [0, 0.05) is 4.90 Å². The highest BCUT2D eigenvalue weighted by Gasteiger charge is 2.09. The van der Waals surface area contributed by atoms with Crippen LogP contribution in [0.5, 0.6) is 5.88 Å². The van der Waals surface area contributed by atoms with Gasteiger partial charge in [0.05, 0.1) is 16.8 Å². The van der Waals surface area contributed by atoms with E-state index in [4.69, 9.17) is 22.1 Å². The van der Waals surface area contributed by atoms with Gasteiger partial charge in [-0.15, -0.1) is 0 Å². The van der Waals surface area contributed by atoms with E-state index >= 15 is 0 Å². The highest BCUT2D eigenvalue weighted by atomic mass is 35.5. The zero-order valence-electron chi connectivity index (χ0n) is 10.8. The summed E-state index contributed by atoms with van der Waals surface area (Å²) >= 11 is 7.61. The van der Waals surface area contributed by atoms with Crippen LogP contribution in [0.3, 0.4) is 0 Å². The maximum Gasteiger partial charge on any atom is 0.238 e. The summed E-state index contributed by atoms with van der Waals surface area (Å²) in [6.45, 7) is 3.88. The molecule has 0 amide bonds. The summed E-state index contributed by atoms with van der Waals surface area (Å²) in [5.41, 5.74) is 6.38. The molecule has 2 N–H and O–H groups in total. The number of anilines is 1. The fourth-order valence-corrected chi connectivity index (χ4v) is 2.50. The molecule has 3 nitrogen and oxygen atoms in total. The lowest BCUT2D eigenvalue weighted by Crippen LogP contribution is -2.09. The third-order valence-electron chi connectivity index (χ3n) is 2.26. The topological polar surface area (TPSA) is 48.1 Å². The van der Waals surface area contributed by atoms with Crippen LogP contribution < -0.4 is 10.5 Å². The lowest BCUT2D eigenvalue weighted by atomic mass is 10.4. The number of hydrogen-bond acceptors (Lipinski definition) is 4. The number of halogens is 1. The van der Waals surface area contributed by atoms with Crippen LogP contribution in [0.15, 0.2) is 46.3 Å². The normalized spacial score (nSPS) is 10.7. The quantitative estimate of drug-likeness (QED) is 0.915. The number of rotatable bonds is 4. The predicted octanol–water partition coefficient (Wildman–Crippen LogP) is 4.26. The molecule has 100 valence electrons. The van der Waals surface area contributed by atoms with Crippen molar-refractivity contribution in [2.45, 2.75) is 29.9 Å². The first kappa shape index (κ1) is 14.0. The average Bonchev–Trinajstić information content (AvgIpc) is 2.35. The number of benzene rings is 1. The molecule has 0 spiro atoms. The van der Waals surface area contributed by atoms with Gasteiger partial charge in [0.15, 0.2) is 0 Å². The molecule has 19 heavy (non-hydrogen) atoms. The van der Waals surface area contributed by atoms with Crippen molar-refractivity contribution in [1.29, 1.82) is 0 Å². The van der Waals surface area contributed by atoms with Gasteiger partial charge in [-0.2, -0.15) is 0 Å². The molecule has 0 fully saturated rings. The molecule has 1 heterocycles. The Balaban J connectivity index is 2.24. The van der Waals surface area contributed by atoms with Crippen molar-refractivity contribution in [3.05, 3.63) is 41.4 Å². The Morgan fingerprint density at radius 1 is 1.21 bits per heavy atom. The van der Waals surface area contributed by atoms with Gasteiger partial charge in [0.1, 0.15) is 5.03 Å². The molecule has 2 rings (SSSR count). The second-order valence-corrected chi connectivity index (χ2v) is 5.71. The second-order valence-electron chi connectivity index (χ2n) is 4.24. The molecule has 0 aliphatic carbocycles. The first-order valence-electron chi connectivity index (χ1n) is 5.92. The molecular formula is C14H15ClN2OS. The van der Waals surface area contributed by atoms with Crippen LogP contribution in [0, 0.1) is 0 Å². The molecule has 0 radical (unpaired) electrons. The minimum Gasteiger partial charge on any atom is -0.473 e. The summed E-state index contributed by atoms with van der Waals surface area (Å²) in [4.78, 5) is 5.36. The Kier molecular flexibility index (Phi) is 4.56. The van der Waals surface area contributed by atoms with E-state index in [1.807, 2.05) is 44.2 Å². The molecule has 0 unspecified atom stereocenters. The van der Waals surface area contributed by atoms with E-state index in [9.17, 15) is 0 Å². The Morgan fingerprint density at radius 2 is 1.95 bits per heavy atom. The second kappa shape index (κ2) is 6.17. The zero-order valence-corrected chi connectivity index (χ0v) is 12.3. The highest BCUT2D eigenvalue weighted by molar-refractivity contribution is 7.99. The summed E-state index contributed by atoms with van der Waals surface area (Å²) < 4.78 is 5.57. The number of ether oxygens (including phenoxy) is 1. The molecule has 0 aliphatic rings. The largest absolute Gasteiger partial charge is 0.473 e. The zero-order chi connectivity index (χ0) is 13.8. The first-order chi connectivity index (χ1) is 9.06. The van der Waals surface area contributed by atoms with Crippen LogP contribution >= 0.6 is 23.4 Å². The van der Waals surface area contributed by atoms with Gasteiger partial charge in [-0.25, -0.2) is 4.98 Å². The third kappa shape index (κ3) is 3.78. The Labute approximate surface area is 122 Å². The molecule has 2 aromatic rings. The number of nitrogens with zero attached hydrogens (tertiary/aromatic N) is 1. The van der Waals surface area contributed by atoms with E-state index in [2.05, 4.69) is 4.98 Å². The van der Waals surface area contributed by atoms with Crippen LogP contribution in [0.25, 0.3) is 0 Å². The molecular weight excluding hydrogens is 280 g/mol. The van der Waals surface area contributed by atoms with Crippen molar-refractivity contribution in [2.75, 3.05) is 5.73 Å². The number of nitrogens with two attached hydrogens (primary N) is 1. The van der Waals surface area contributed by atoms with Crippen molar-refractivity contribution in [3.63, 3.8) is 0 Å². The maximum absolute atomic E-state index is 6.12. The number of aromatic nitrogens is 1. The van der Waals surface area contributed by atoms with Crippen molar-refractivity contribution in [2.24, 2.45) is 0 Å². The summed E-state index contributed by atoms with van der Waals surface area (Å²) in [6, 6.07) is 11.3. The van der Waals surface area contributed by atoms with Crippen molar-refractivity contribution in [1.82, 2.24) is 4.98 Å². The monoisotopic (exact) mass is 294 g/mol. The van der Waals surface area contributed by atoms with Crippen molar-refractivity contribution < 1.29 is 4.74 Å². The first-order valence-corrected chi connectivity index (χ1v) is 7.11. The van der Waals surface area contributed by atoms with E-state index < -0.39 is 0 Å². The Bertz CT molecular complexity index is 575. The molecule has 0 aliphatic heterocycles. The lowest BCUT2D eigenvalue weighted by molar-refractivity contribution is 0.232. The maximum atomic E-state index is 6.12. The summed E-state index contributed by atoms with van der Waals surface area (Å²) in [6.07, 6.45) is 0.0374.